The van der Waals surface area contributed by atoms with Crippen molar-refractivity contribution in [1.82, 2.24) is 46.0 Å². The quantitative estimate of drug-likeness (QED) is 0.0651. The molecule has 0 amide bonds. The Kier molecular flexibility index (Phi) is 37.4. The Morgan fingerprint density at radius 3 is 0.926 bits per heavy atom. The second-order valence-corrected chi connectivity index (χ2v) is 49.8. The van der Waals surface area contributed by atoms with E-state index in [2.05, 4.69) is 75.0 Å². The number of methoxy groups -OCH3 is 3. The average molecular weight is 2030 g/mol. The number of piperidine rings is 10. The summed E-state index contributed by atoms with van der Waals surface area (Å²) in [6, 6.07) is 59.9. The first-order valence-corrected chi connectivity index (χ1v) is 57.8. The van der Waals surface area contributed by atoms with Crippen molar-refractivity contribution in [2.24, 2.45) is 29.6 Å². The predicted molar refractivity (Wildman–Crippen MR) is 545 cm³/mol. The summed E-state index contributed by atoms with van der Waals surface area (Å²) in [5.74, 6) is 5.45. The van der Waals surface area contributed by atoms with E-state index in [4.69, 9.17) is 14.2 Å². The highest BCUT2D eigenvalue weighted by Gasteiger charge is 2.40. The number of ether oxygens (including phenoxy) is 3. The first kappa shape index (κ1) is 105. The highest BCUT2D eigenvalue weighted by Crippen LogP contribution is 2.39. The summed E-state index contributed by atoms with van der Waals surface area (Å²) in [7, 11) is -12.7. The van der Waals surface area contributed by atoms with Crippen molar-refractivity contribution in [2.45, 2.75) is 218 Å². The molecule has 0 spiro atoms. The Labute approximate surface area is 821 Å². The molecule has 0 N–H and O–H groups in total. The number of para-hydroxylation sites is 1. The summed E-state index contributed by atoms with van der Waals surface area (Å²) < 4.78 is 170. The Bertz CT molecular complexity index is 5730. The summed E-state index contributed by atoms with van der Waals surface area (Å²) in [5.41, 5.74) is 5.05. The van der Waals surface area contributed by atoms with Crippen molar-refractivity contribution >= 4 is 66.0 Å². The van der Waals surface area contributed by atoms with Gasteiger partial charge in [-0.15, -0.1) is 0 Å². The molecule has 0 radical (unpaired) electrons. The van der Waals surface area contributed by atoms with Crippen molar-refractivity contribution < 1.29 is 60.7 Å². The third kappa shape index (κ3) is 26.6. The highest BCUT2D eigenvalue weighted by molar-refractivity contribution is 9.10. The zero-order chi connectivity index (χ0) is 96.3. The van der Waals surface area contributed by atoms with Crippen LogP contribution < -0.4 is 14.2 Å². The maximum absolute atomic E-state index is 14.0. The predicted octanol–water partition coefficient (Wildman–Crippen LogP) is 18.8. The van der Waals surface area contributed by atoms with Crippen molar-refractivity contribution in [3.8, 4) is 50.6 Å². The molecule has 30 heteroatoms. The summed E-state index contributed by atoms with van der Waals surface area (Å²) >= 11 is 3.36. The molecule has 8 aromatic carbocycles. The molecule has 0 unspecified atom stereocenters. The zero-order valence-corrected chi connectivity index (χ0v) is 86.8. The number of nitrogens with zero attached hydrogens (tertiary/aromatic N) is 10. The van der Waals surface area contributed by atoms with Gasteiger partial charge in [0.25, 0.3) is 0 Å². The molecule has 10 aliphatic heterocycles. The third-order valence-corrected chi connectivity index (χ3v) is 41.0. The summed E-state index contributed by atoms with van der Waals surface area (Å²) in [4.78, 5) is 14.4. The lowest BCUT2D eigenvalue weighted by atomic mass is 9.95. The second-order valence-electron chi connectivity index (χ2n) is 39.3. The monoisotopic (exact) mass is 2020 g/mol. The molecule has 0 aliphatic carbocycles. The average Bonchev–Trinajstić information content (AvgIpc) is 0.786. The number of rotatable bonds is 21. The van der Waals surface area contributed by atoms with E-state index in [0.717, 1.165) is 174 Å². The van der Waals surface area contributed by atoms with Gasteiger partial charge in [0, 0.05) is 117 Å². The van der Waals surface area contributed by atoms with Crippen molar-refractivity contribution in [3.63, 3.8) is 0 Å². The number of halogens is 2. The Balaban J connectivity index is 0.000000136. The smallest absolute Gasteiger partial charge is 0.246 e. The normalized spacial score (nSPS) is 21.3. The van der Waals surface area contributed by atoms with Crippen LogP contribution in [-0.4, -0.2) is 271 Å². The molecule has 0 saturated carbocycles. The van der Waals surface area contributed by atoms with Gasteiger partial charge in [0.05, 0.1) is 40.9 Å². The summed E-state index contributed by atoms with van der Waals surface area (Å²) in [6.07, 6.45) is 21.8. The first-order valence-electron chi connectivity index (χ1n) is 49.8. The van der Waals surface area contributed by atoms with Crippen LogP contribution in [0, 0.1) is 35.4 Å². The van der Waals surface area contributed by atoms with Gasteiger partial charge < -0.3 is 38.7 Å². The van der Waals surface area contributed by atoms with Gasteiger partial charge >= 0.3 is 0 Å². The van der Waals surface area contributed by atoms with E-state index in [-0.39, 0.29) is 15.6 Å². The molecule has 0 atom stereocenters. The van der Waals surface area contributed by atoms with Crippen molar-refractivity contribution in [2.75, 3.05) is 152 Å². The van der Waals surface area contributed by atoms with Crippen LogP contribution in [0.2, 0.25) is 0 Å². The van der Waals surface area contributed by atoms with E-state index < -0.39 is 50.1 Å². The minimum absolute atomic E-state index is 0.185. The van der Waals surface area contributed by atoms with E-state index >= 15 is 0 Å². The van der Waals surface area contributed by atoms with Crippen molar-refractivity contribution in [1.29, 1.82) is 0 Å². The number of hydrogen-bond acceptors (Lipinski definition) is 18. The van der Waals surface area contributed by atoms with Crippen LogP contribution in [0.25, 0.3) is 33.4 Å². The minimum Gasteiger partial charge on any atom is -0.497 e. The molecule has 0 bridgehead atoms. The molecule has 742 valence electrons. The van der Waals surface area contributed by atoms with E-state index in [1.54, 1.807) is 126 Å². The number of likely N-dealkylation sites (tertiary alicyclic amines) is 5. The second kappa shape index (κ2) is 48.6. The zero-order valence-electron chi connectivity index (χ0n) is 81.1. The van der Waals surface area contributed by atoms with Gasteiger partial charge in [-0.1, -0.05) is 150 Å². The van der Waals surface area contributed by atoms with E-state index in [0.29, 0.717) is 137 Å². The SMILES string of the molecule is CC1CCN(C2CCN(S(=O)(=O)c3ccc(-c4ccccc4F)cc3)CC2)CC1.CC1CCN(C2CCN(S(=O)(=O)c3cccc(-c4ccccc4)c3)CC2)CC1.CC1CCN(C2CCN(S(=O)(=O)c3ccccc3Br)CC2)CC1.COc1ccc(OC)c(S(=O)(=O)N2CCC(N3CCC(C)CC3)CC2)c1.COc1ccccc1-c1ccc(S(=O)(=O)N2CCC(N3CCC(C)CC3)CC2)cc1. The van der Waals surface area contributed by atoms with Gasteiger partial charge in [0.2, 0.25) is 50.1 Å². The number of hydrogen-bond donors (Lipinski definition) is 0. The Hall–Kier alpha value is -7.08. The molecule has 10 heterocycles. The molecule has 10 saturated heterocycles. The van der Waals surface area contributed by atoms with Gasteiger partial charge in [-0.3, -0.25) is 0 Å². The molecule has 10 fully saturated rings. The van der Waals surface area contributed by atoms with Crippen LogP contribution in [-0.2, 0) is 50.1 Å². The van der Waals surface area contributed by atoms with Crippen LogP contribution >= 0.6 is 15.9 Å². The molecule has 8 aromatic rings. The molecule has 10 aliphatic rings. The van der Waals surface area contributed by atoms with Crippen LogP contribution in [0.1, 0.15) is 163 Å². The van der Waals surface area contributed by atoms with E-state index in [1.807, 2.05) is 91.0 Å². The number of benzene rings is 8. The fraction of sp³-hybridized carbons (Fsp3) is 0.547. The first-order chi connectivity index (χ1) is 65.4. The van der Waals surface area contributed by atoms with Crippen LogP contribution in [0.3, 0.4) is 0 Å². The maximum atomic E-state index is 14.0. The lowest BCUT2D eigenvalue weighted by Crippen LogP contribution is -2.48. The summed E-state index contributed by atoms with van der Waals surface area (Å²) in [5, 5.41) is 0. The fourth-order valence-electron chi connectivity index (χ4n) is 21.2. The van der Waals surface area contributed by atoms with Gasteiger partial charge in [0.1, 0.15) is 28.0 Å². The van der Waals surface area contributed by atoms with Gasteiger partial charge in [-0.25, -0.2) is 46.5 Å². The topological polar surface area (TPSA) is 231 Å². The van der Waals surface area contributed by atoms with E-state index in [1.165, 1.54) is 97.6 Å². The number of sulfonamides is 5. The van der Waals surface area contributed by atoms with Gasteiger partial charge in [-0.2, -0.15) is 21.5 Å². The summed E-state index contributed by atoms with van der Waals surface area (Å²) in [6.45, 7) is 29.1. The molecular weight excluding hydrogens is 1880 g/mol. The molecular formula is C106H146BrFN10O13S5. The van der Waals surface area contributed by atoms with E-state index in [9.17, 15) is 46.5 Å². The third-order valence-electron chi connectivity index (χ3n) is 30.4. The largest absolute Gasteiger partial charge is 0.497 e. The fourth-order valence-corrected chi connectivity index (χ4v) is 29.8. The molecule has 18 rings (SSSR count). The maximum Gasteiger partial charge on any atom is 0.246 e. The van der Waals surface area contributed by atoms with Gasteiger partial charge in [0.15, 0.2) is 0 Å². The molecule has 23 nitrogen and oxygen atoms in total. The standard InChI is InChI=1S/C24H32N2O3S.C23H29FN2O2S.C23H30N2O2S.C19H30N2O4S.C17H25BrN2O2S/c1-19-11-15-25(16-12-19)21-13-17-26(18-14-21)30(27,28)22-9-7-20(8-10-22)23-5-3-4-6-24(23)29-2;1-18-10-14-25(15-11-18)20-12-16-26(17-13-20)29(27,28)21-8-6-19(7-9-21)22-4-2-3-5-23(22)24;1-19-10-14-24(15-11-19)22-12-16-25(17-13-22)28(26,27)23-9-5-8-21(18-23)20-6-3-2-4-7-20;1-15-6-10-20(11-7-15)16-8-12-21(13-9-16)26(22,23)19-14-17(24-2)4-5-18(19)25-3;1-14-6-10-19(11-7-14)15-8-12-20(13-9-15)23(21,22)17-5-3-2-4-16(17)18/h3-10,19,21H,11-18H2,1-2H3;2-9,18,20H,10-17H2,1H3;2-9,18-19,22H,10-17H2,1H3;4-5,14-16H,6-13H2,1-3H3;2-5,14-15H,6-13H2,1H3. The van der Waals surface area contributed by atoms with Crippen molar-refractivity contribution in [3.05, 3.63) is 204 Å². The van der Waals surface area contributed by atoms with Gasteiger partial charge in [-0.05, 0) is 334 Å². The Morgan fingerprint density at radius 2 is 0.566 bits per heavy atom. The minimum atomic E-state index is -3.59. The van der Waals surface area contributed by atoms with Crippen LogP contribution in [0.5, 0.6) is 17.2 Å². The van der Waals surface area contributed by atoms with Crippen LogP contribution in [0.15, 0.2) is 223 Å². The highest BCUT2D eigenvalue weighted by atomic mass is 79.9. The molecule has 0 aromatic heterocycles. The molecule has 136 heavy (non-hydrogen) atoms. The Morgan fingerprint density at radius 1 is 0.257 bits per heavy atom. The lowest BCUT2D eigenvalue weighted by molar-refractivity contribution is 0.101. The van der Waals surface area contributed by atoms with Crippen LogP contribution in [0.4, 0.5) is 4.39 Å². The lowest BCUT2D eigenvalue weighted by Gasteiger charge is -2.41.